The number of nitrogens with zero attached hydrogens (tertiary/aromatic N) is 1. The Balaban J connectivity index is 1.29. The molecule has 2 N–H and O–H groups in total. The summed E-state index contributed by atoms with van der Waals surface area (Å²) in [6, 6.07) is 33.7. The lowest BCUT2D eigenvalue weighted by Gasteiger charge is -2.37. The van der Waals surface area contributed by atoms with Gasteiger partial charge < -0.3 is 24.8 Å². The highest BCUT2D eigenvalue weighted by atomic mass is 16.7. The quantitative estimate of drug-likeness (QED) is 0.206. The summed E-state index contributed by atoms with van der Waals surface area (Å²) in [6.45, 7) is 5.88. The average Bonchev–Trinajstić information content (AvgIpc) is 3.04. The first-order valence-electron chi connectivity index (χ1n) is 14.3. The maximum Gasteiger partial charge on any atom is 0.251 e. The second-order valence-electron chi connectivity index (χ2n) is 10.7. The van der Waals surface area contributed by atoms with Crippen molar-refractivity contribution >= 4 is 5.91 Å². The van der Waals surface area contributed by atoms with E-state index < -0.39 is 6.29 Å². The fourth-order valence-corrected chi connectivity index (χ4v) is 5.24. The highest BCUT2D eigenvalue weighted by Gasteiger charge is 2.32. The van der Waals surface area contributed by atoms with Crippen molar-refractivity contribution in [2.24, 2.45) is 0 Å². The van der Waals surface area contributed by atoms with Crippen molar-refractivity contribution in [1.29, 1.82) is 0 Å². The first-order chi connectivity index (χ1) is 20.5. The number of nitrogens with one attached hydrogen (secondary N) is 1. The molecule has 1 fully saturated rings. The monoisotopic (exact) mass is 562 g/mol. The summed E-state index contributed by atoms with van der Waals surface area (Å²) in [5.74, 6) is -0.0885. The molecule has 4 aromatic carbocycles. The van der Waals surface area contributed by atoms with Crippen LogP contribution in [0.1, 0.15) is 51.4 Å². The maximum atomic E-state index is 12.5. The van der Waals surface area contributed by atoms with E-state index in [0.717, 1.165) is 52.9 Å². The third-order valence-corrected chi connectivity index (χ3v) is 7.50. The van der Waals surface area contributed by atoms with Crippen LogP contribution in [0.4, 0.5) is 0 Å². The molecule has 6 nitrogen and oxygen atoms in total. The number of hydrogen-bond acceptors (Lipinski definition) is 5. The Labute approximate surface area is 248 Å². The zero-order valence-electron chi connectivity index (χ0n) is 24.0. The van der Waals surface area contributed by atoms with Crippen LogP contribution in [0.3, 0.4) is 0 Å². The number of aliphatic hydroxyl groups is 1. The van der Waals surface area contributed by atoms with E-state index in [0.29, 0.717) is 12.1 Å². The van der Waals surface area contributed by atoms with E-state index in [1.165, 1.54) is 0 Å². The number of amides is 1. The van der Waals surface area contributed by atoms with Gasteiger partial charge in [0, 0.05) is 37.2 Å². The largest absolute Gasteiger partial charge is 0.392 e. The molecule has 1 aliphatic rings. The van der Waals surface area contributed by atoms with Crippen LogP contribution in [0, 0.1) is 0 Å². The van der Waals surface area contributed by atoms with Crippen molar-refractivity contribution in [3.63, 3.8) is 0 Å². The Morgan fingerprint density at radius 3 is 2.36 bits per heavy atom. The van der Waals surface area contributed by atoms with Crippen LogP contribution in [0.5, 0.6) is 0 Å². The summed E-state index contributed by atoms with van der Waals surface area (Å²) in [7, 11) is 2.07. The highest BCUT2D eigenvalue weighted by molar-refractivity contribution is 5.94. The van der Waals surface area contributed by atoms with E-state index in [1.54, 1.807) is 0 Å². The molecule has 1 heterocycles. The standard InChI is InChI=1S/C36H38N2O4/c1-3-20-38(2)24-33-22-34(29-14-12-26(25-39)13-15-29)42-36(41-33)31-18-16-28(17-19-31)32-11-7-8-27(21-32)23-37-35(40)30-9-5-4-6-10-30/h3-19,21,33-34,36,39H,1,20,22-25H2,2H3,(H,37,40)/t33-,34+,36+/m1/s1. The van der Waals surface area contributed by atoms with Gasteiger partial charge >= 0.3 is 0 Å². The Bertz CT molecular complexity index is 1450. The van der Waals surface area contributed by atoms with Gasteiger partial charge in [0.15, 0.2) is 6.29 Å². The van der Waals surface area contributed by atoms with E-state index in [9.17, 15) is 9.90 Å². The van der Waals surface area contributed by atoms with Gasteiger partial charge in [-0.1, -0.05) is 91.0 Å². The number of carbonyl (C=O) groups is 1. The van der Waals surface area contributed by atoms with Crippen molar-refractivity contribution in [1.82, 2.24) is 10.2 Å². The molecule has 1 amide bonds. The number of benzene rings is 4. The number of hydrogen-bond donors (Lipinski definition) is 2. The number of carbonyl (C=O) groups excluding carboxylic acids is 1. The van der Waals surface area contributed by atoms with Crippen LogP contribution in [0.2, 0.25) is 0 Å². The van der Waals surface area contributed by atoms with E-state index in [4.69, 9.17) is 9.47 Å². The molecule has 4 aromatic rings. The van der Waals surface area contributed by atoms with E-state index in [-0.39, 0.29) is 24.7 Å². The third-order valence-electron chi connectivity index (χ3n) is 7.50. The summed E-state index contributed by atoms with van der Waals surface area (Å²) < 4.78 is 13.0. The normalized spacial score (nSPS) is 18.5. The van der Waals surface area contributed by atoms with Gasteiger partial charge in [-0.05, 0) is 53.1 Å². The van der Waals surface area contributed by atoms with Crippen LogP contribution < -0.4 is 5.32 Å². The molecule has 216 valence electrons. The van der Waals surface area contributed by atoms with Crippen LogP contribution in [0.15, 0.2) is 116 Å². The number of rotatable bonds is 11. The molecule has 0 unspecified atom stereocenters. The van der Waals surface area contributed by atoms with Gasteiger partial charge in [0.25, 0.3) is 5.91 Å². The Morgan fingerprint density at radius 1 is 0.905 bits per heavy atom. The molecule has 42 heavy (non-hydrogen) atoms. The molecule has 5 rings (SSSR count). The molecule has 0 bridgehead atoms. The van der Waals surface area contributed by atoms with Crippen LogP contribution in [-0.2, 0) is 22.6 Å². The van der Waals surface area contributed by atoms with E-state index in [2.05, 4.69) is 60.2 Å². The van der Waals surface area contributed by atoms with Gasteiger partial charge in [0.2, 0.25) is 0 Å². The summed E-state index contributed by atoms with van der Waals surface area (Å²) in [5, 5.41) is 12.5. The minimum atomic E-state index is -0.503. The third kappa shape index (κ3) is 7.60. The highest BCUT2D eigenvalue weighted by Crippen LogP contribution is 2.38. The lowest BCUT2D eigenvalue weighted by molar-refractivity contribution is -0.252. The minimum absolute atomic E-state index is 0.0151. The summed E-state index contributed by atoms with van der Waals surface area (Å²) in [4.78, 5) is 14.7. The zero-order valence-corrected chi connectivity index (χ0v) is 24.0. The predicted octanol–water partition coefficient (Wildman–Crippen LogP) is 6.44. The topological polar surface area (TPSA) is 71.0 Å². The minimum Gasteiger partial charge on any atom is -0.392 e. The molecule has 3 atom stereocenters. The number of aliphatic hydroxyl groups excluding tert-OH is 1. The second-order valence-corrected chi connectivity index (χ2v) is 10.7. The molecule has 1 saturated heterocycles. The van der Waals surface area contributed by atoms with Gasteiger partial charge in [-0.2, -0.15) is 0 Å². The first-order valence-corrected chi connectivity index (χ1v) is 14.3. The van der Waals surface area contributed by atoms with Gasteiger partial charge in [-0.25, -0.2) is 0 Å². The van der Waals surface area contributed by atoms with Crippen LogP contribution in [-0.4, -0.2) is 42.2 Å². The van der Waals surface area contributed by atoms with E-state index in [1.807, 2.05) is 72.8 Å². The smallest absolute Gasteiger partial charge is 0.251 e. The number of likely N-dealkylation sites (N-methyl/N-ethyl adjacent to an activating group) is 1. The SMILES string of the molecule is C=CCN(C)C[C@H]1C[C@@H](c2ccc(CO)cc2)O[C@@H](c2ccc(-c3cccc(CNC(=O)c4ccccc4)c3)cc2)O1. The van der Waals surface area contributed by atoms with Crippen molar-refractivity contribution in [3.05, 3.63) is 144 Å². The molecule has 0 aliphatic carbocycles. The Hall–Kier alpha value is -4.07. The number of ether oxygens (including phenoxy) is 2. The summed E-state index contributed by atoms with van der Waals surface area (Å²) >= 11 is 0. The van der Waals surface area contributed by atoms with Crippen LogP contribution >= 0.6 is 0 Å². The average molecular weight is 563 g/mol. The van der Waals surface area contributed by atoms with E-state index >= 15 is 0 Å². The molecular weight excluding hydrogens is 524 g/mol. The van der Waals surface area contributed by atoms with Gasteiger partial charge in [-0.3, -0.25) is 4.79 Å². The fourth-order valence-electron chi connectivity index (χ4n) is 5.24. The van der Waals surface area contributed by atoms with Crippen molar-refractivity contribution in [2.45, 2.75) is 38.1 Å². The molecule has 0 spiro atoms. The van der Waals surface area contributed by atoms with Crippen molar-refractivity contribution in [2.75, 3.05) is 20.1 Å². The molecule has 0 saturated carbocycles. The predicted molar refractivity (Wildman–Crippen MR) is 166 cm³/mol. The molecule has 0 aromatic heterocycles. The second kappa shape index (κ2) is 14.2. The molecular formula is C36H38N2O4. The Kier molecular flexibility index (Phi) is 9.95. The summed E-state index contributed by atoms with van der Waals surface area (Å²) in [5.41, 5.74) is 6.73. The Morgan fingerprint density at radius 2 is 1.64 bits per heavy atom. The molecule has 1 aliphatic heterocycles. The fraction of sp³-hybridized carbons (Fsp3) is 0.250. The maximum absolute atomic E-state index is 12.5. The van der Waals surface area contributed by atoms with Gasteiger partial charge in [-0.15, -0.1) is 6.58 Å². The van der Waals surface area contributed by atoms with Gasteiger partial charge in [0.05, 0.1) is 18.8 Å². The van der Waals surface area contributed by atoms with Crippen LogP contribution in [0.25, 0.3) is 11.1 Å². The zero-order chi connectivity index (χ0) is 29.3. The molecule has 0 radical (unpaired) electrons. The van der Waals surface area contributed by atoms with Crippen molar-refractivity contribution < 1.29 is 19.4 Å². The summed E-state index contributed by atoms with van der Waals surface area (Å²) in [6.07, 6.45) is 1.99. The van der Waals surface area contributed by atoms with Crippen molar-refractivity contribution in [3.8, 4) is 11.1 Å². The molecule has 6 heteroatoms. The first kappa shape index (κ1) is 29.4. The lowest BCUT2D eigenvalue weighted by atomic mass is 9.99. The van der Waals surface area contributed by atoms with Gasteiger partial charge in [0.1, 0.15) is 0 Å². The lowest BCUT2D eigenvalue weighted by Crippen LogP contribution is -2.37.